The van der Waals surface area contributed by atoms with E-state index >= 15 is 0 Å². The first-order chi connectivity index (χ1) is 12.2. The first-order valence-electron chi connectivity index (χ1n) is 6.98. The molecule has 0 saturated heterocycles. The Hall–Kier alpha value is -1.84. The van der Waals surface area contributed by atoms with Gasteiger partial charge < -0.3 is 26.7 Å². The van der Waals surface area contributed by atoms with Gasteiger partial charge >= 0.3 is 6.18 Å². The maximum absolute atomic E-state index is 12.1. The molecule has 0 amide bonds. The number of thioether (sulfide) groups is 1. The third kappa shape index (κ3) is 7.19. The van der Waals surface area contributed by atoms with Crippen molar-refractivity contribution >= 4 is 57.0 Å². The van der Waals surface area contributed by atoms with Crippen molar-refractivity contribution in [2.75, 3.05) is 35.2 Å². The van der Waals surface area contributed by atoms with Crippen molar-refractivity contribution in [1.82, 2.24) is 13.7 Å². The first-order valence-corrected chi connectivity index (χ1v) is 10.1. The molecule has 0 bridgehead atoms. The molecule has 15 heteroatoms. The second kappa shape index (κ2) is 9.20. The standard InChI is InChI=1S/C11H15F3N8OS3/c12-11(13,14)5-18-9(16)20-10-19-6(4-25-10)3-24-2-1-17-8-7(15)21-26(23)22-8/h4H,1-3,5H2,(H2,15,21)(H,17,22)(H3,16,18,19,20). The Bertz CT molecular complexity index is 747. The monoisotopic (exact) mass is 428 g/mol. The summed E-state index contributed by atoms with van der Waals surface area (Å²) in [5.41, 5.74) is 11.7. The van der Waals surface area contributed by atoms with Crippen molar-refractivity contribution in [2.24, 2.45) is 10.7 Å². The van der Waals surface area contributed by atoms with Gasteiger partial charge in [-0.1, -0.05) is 0 Å². The van der Waals surface area contributed by atoms with Crippen LogP contribution in [-0.4, -0.2) is 49.3 Å². The van der Waals surface area contributed by atoms with Crippen molar-refractivity contribution in [1.29, 1.82) is 0 Å². The Kier molecular flexibility index (Phi) is 7.24. The fourth-order valence-electron chi connectivity index (χ4n) is 1.57. The maximum atomic E-state index is 12.1. The molecule has 0 radical (unpaired) electrons. The van der Waals surface area contributed by atoms with Gasteiger partial charge in [-0.3, -0.25) is 0 Å². The highest BCUT2D eigenvalue weighted by molar-refractivity contribution is 7.98. The number of rotatable bonds is 8. The number of nitrogens with two attached hydrogens (primary N) is 2. The van der Waals surface area contributed by atoms with Gasteiger partial charge in [0.1, 0.15) is 6.54 Å². The van der Waals surface area contributed by atoms with E-state index in [1.807, 2.05) is 0 Å². The Morgan fingerprint density at radius 2 is 2.19 bits per heavy atom. The van der Waals surface area contributed by atoms with E-state index in [-0.39, 0.29) is 11.8 Å². The molecule has 1 unspecified atom stereocenters. The molecule has 0 spiro atoms. The van der Waals surface area contributed by atoms with Crippen LogP contribution in [0.15, 0.2) is 10.4 Å². The number of nitrogen functional groups attached to an aromatic ring is 1. The second-order valence-corrected chi connectivity index (χ2v) is 7.50. The van der Waals surface area contributed by atoms with Crippen molar-refractivity contribution in [3.8, 4) is 0 Å². The van der Waals surface area contributed by atoms with Gasteiger partial charge in [0.15, 0.2) is 22.2 Å². The number of thiazole rings is 1. The Labute approximate surface area is 157 Å². The second-order valence-electron chi connectivity index (χ2n) is 4.71. The van der Waals surface area contributed by atoms with Gasteiger partial charge in [0.25, 0.3) is 0 Å². The zero-order valence-corrected chi connectivity index (χ0v) is 15.6. The molecule has 2 heterocycles. The normalized spacial score (nSPS) is 13.1. The van der Waals surface area contributed by atoms with Crippen LogP contribution >= 0.6 is 34.2 Å². The molecule has 0 aliphatic heterocycles. The van der Waals surface area contributed by atoms with Crippen LogP contribution in [0.4, 0.5) is 29.9 Å². The average molecular weight is 428 g/mol. The number of halogens is 3. The molecular formula is C11H15F3N8OS3. The molecule has 0 aliphatic carbocycles. The SMILES string of the molecule is N/C(=N/CC(F)(F)F)Nc1nc(CSCCNc2n[s+]([O-])nc2N)cs1. The summed E-state index contributed by atoms with van der Waals surface area (Å²) in [4.78, 5) is 7.41. The Morgan fingerprint density at radius 1 is 1.42 bits per heavy atom. The molecule has 26 heavy (non-hydrogen) atoms. The topological polar surface area (TPSA) is 150 Å². The number of aliphatic imine (C=N–C) groups is 1. The average Bonchev–Trinajstić information content (AvgIpc) is 3.10. The number of nitrogens with one attached hydrogen (secondary N) is 2. The minimum atomic E-state index is -4.40. The van der Waals surface area contributed by atoms with Crippen LogP contribution in [0.2, 0.25) is 0 Å². The van der Waals surface area contributed by atoms with Gasteiger partial charge in [0.2, 0.25) is 11.6 Å². The maximum Gasteiger partial charge on any atom is 0.408 e. The summed E-state index contributed by atoms with van der Waals surface area (Å²) in [6, 6.07) is 0. The van der Waals surface area contributed by atoms with E-state index in [0.717, 1.165) is 5.69 Å². The summed E-state index contributed by atoms with van der Waals surface area (Å²) in [7, 11) is 0. The summed E-state index contributed by atoms with van der Waals surface area (Å²) < 4.78 is 54.5. The zero-order valence-electron chi connectivity index (χ0n) is 13.1. The number of alkyl halides is 3. The quantitative estimate of drug-likeness (QED) is 0.214. The third-order valence-corrected chi connectivity index (χ3v) is 5.08. The number of hydrogen-bond donors (Lipinski definition) is 4. The van der Waals surface area contributed by atoms with Gasteiger partial charge in [0, 0.05) is 32.2 Å². The highest BCUT2D eigenvalue weighted by atomic mass is 32.2. The molecule has 2 rings (SSSR count). The number of aromatic nitrogens is 3. The number of hydrogen-bond acceptors (Lipinski definition) is 9. The zero-order chi connectivity index (χ0) is 19.2. The smallest absolute Gasteiger partial charge is 0.408 e. The van der Waals surface area contributed by atoms with Crippen LogP contribution in [0.3, 0.4) is 0 Å². The summed E-state index contributed by atoms with van der Waals surface area (Å²) in [5, 5.41) is 7.60. The number of nitrogens with zero attached hydrogens (tertiary/aromatic N) is 4. The largest absolute Gasteiger partial charge is 0.546 e. The van der Waals surface area contributed by atoms with E-state index in [2.05, 4.69) is 29.4 Å². The van der Waals surface area contributed by atoms with Gasteiger partial charge in [-0.05, 0) is 0 Å². The van der Waals surface area contributed by atoms with Gasteiger partial charge in [0.05, 0.1) is 5.69 Å². The number of guanidine groups is 1. The molecule has 9 nitrogen and oxygen atoms in total. The van der Waals surface area contributed by atoms with Crippen LogP contribution in [0, 0.1) is 0 Å². The lowest BCUT2D eigenvalue weighted by molar-refractivity contribution is -0.118. The number of anilines is 3. The fourth-order valence-corrected chi connectivity index (χ4v) is 3.75. The molecule has 0 aromatic carbocycles. The van der Waals surface area contributed by atoms with Gasteiger partial charge in [-0.15, -0.1) is 11.3 Å². The predicted molar refractivity (Wildman–Crippen MR) is 98.0 cm³/mol. The van der Waals surface area contributed by atoms with E-state index in [0.29, 0.717) is 29.0 Å². The van der Waals surface area contributed by atoms with Gasteiger partial charge in [-0.25, -0.2) is 9.98 Å². The first kappa shape index (κ1) is 20.5. The lowest BCUT2D eigenvalue weighted by Gasteiger charge is -2.04. The van der Waals surface area contributed by atoms with E-state index in [9.17, 15) is 17.7 Å². The van der Waals surface area contributed by atoms with E-state index < -0.39 is 23.9 Å². The van der Waals surface area contributed by atoms with E-state index in [1.54, 1.807) is 17.1 Å². The molecule has 0 fully saturated rings. The predicted octanol–water partition coefficient (Wildman–Crippen LogP) is 1.88. The van der Waals surface area contributed by atoms with Crippen molar-refractivity contribution in [3.63, 3.8) is 0 Å². The summed E-state index contributed by atoms with van der Waals surface area (Å²) >= 11 is 1.14. The van der Waals surface area contributed by atoms with Crippen molar-refractivity contribution in [2.45, 2.75) is 11.9 Å². The van der Waals surface area contributed by atoms with Crippen LogP contribution in [0.5, 0.6) is 0 Å². The molecule has 1 atom stereocenters. The lowest BCUT2D eigenvalue weighted by Crippen LogP contribution is -2.25. The minimum absolute atomic E-state index is 0.119. The highest BCUT2D eigenvalue weighted by Gasteiger charge is 2.26. The molecule has 0 aliphatic rings. The lowest BCUT2D eigenvalue weighted by atomic mass is 10.6. The van der Waals surface area contributed by atoms with Crippen LogP contribution < -0.4 is 22.1 Å². The van der Waals surface area contributed by atoms with Crippen molar-refractivity contribution in [3.05, 3.63) is 11.1 Å². The van der Waals surface area contributed by atoms with Crippen LogP contribution in [0.25, 0.3) is 0 Å². The molecular weight excluding hydrogens is 413 g/mol. The molecule has 6 N–H and O–H groups in total. The Morgan fingerprint density at radius 3 is 2.85 bits per heavy atom. The highest BCUT2D eigenvalue weighted by Crippen LogP contribution is 2.21. The Balaban J connectivity index is 1.69. The van der Waals surface area contributed by atoms with Gasteiger partial charge in [-0.2, -0.15) is 24.9 Å². The summed E-state index contributed by atoms with van der Waals surface area (Å²) in [6.45, 7) is -0.801. The van der Waals surface area contributed by atoms with Crippen molar-refractivity contribution < 1.29 is 17.7 Å². The van der Waals surface area contributed by atoms with Crippen LogP contribution in [0.1, 0.15) is 5.69 Å². The van der Waals surface area contributed by atoms with E-state index in [4.69, 9.17) is 11.5 Å². The molecule has 2 aromatic rings. The summed E-state index contributed by atoms with van der Waals surface area (Å²) in [6.07, 6.45) is -4.40. The minimum Gasteiger partial charge on any atom is -0.546 e. The van der Waals surface area contributed by atoms with E-state index in [1.165, 1.54) is 11.3 Å². The molecule has 0 saturated carbocycles. The molecule has 144 valence electrons. The third-order valence-electron chi connectivity index (χ3n) is 2.59. The fraction of sp³-hybridized carbons (Fsp3) is 0.455. The molecule has 2 aromatic heterocycles. The summed E-state index contributed by atoms with van der Waals surface area (Å²) in [5.74, 6) is 1.40. The van der Waals surface area contributed by atoms with Crippen LogP contribution in [-0.2, 0) is 5.75 Å².